The molecule has 0 spiro atoms. The Morgan fingerprint density at radius 1 is 1.29 bits per heavy atom. The molecule has 1 heterocycles. The highest BCUT2D eigenvalue weighted by Crippen LogP contribution is 2.41. The van der Waals surface area contributed by atoms with Crippen LogP contribution in [0.5, 0.6) is 0 Å². The van der Waals surface area contributed by atoms with Gasteiger partial charge in [-0.05, 0) is 50.0 Å². The van der Waals surface area contributed by atoms with Gasteiger partial charge < -0.3 is 5.73 Å². The summed E-state index contributed by atoms with van der Waals surface area (Å²) in [6, 6.07) is 1.48. The fourth-order valence-electron chi connectivity index (χ4n) is 3.92. The first-order valence-electron chi connectivity index (χ1n) is 7.51. The number of nitrogens with zero attached hydrogens (tertiary/aromatic N) is 1. The summed E-state index contributed by atoms with van der Waals surface area (Å²) in [7, 11) is 0. The molecule has 3 atom stereocenters. The molecule has 2 fully saturated rings. The Kier molecular flexibility index (Phi) is 4.14. The van der Waals surface area contributed by atoms with Gasteiger partial charge in [0.2, 0.25) is 0 Å². The smallest absolute Gasteiger partial charge is 0.0223 e. The fourth-order valence-corrected chi connectivity index (χ4v) is 3.92. The molecule has 100 valence electrons. The van der Waals surface area contributed by atoms with Gasteiger partial charge in [0.1, 0.15) is 0 Å². The molecule has 0 aromatic rings. The van der Waals surface area contributed by atoms with Crippen LogP contribution in [0.4, 0.5) is 0 Å². The minimum atomic E-state index is 0.561. The maximum Gasteiger partial charge on any atom is 0.0223 e. The lowest BCUT2D eigenvalue weighted by molar-refractivity contribution is 0.0682. The number of piperidine rings is 1. The second-order valence-electron chi connectivity index (χ2n) is 6.99. The summed E-state index contributed by atoms with van der Waals surface area (Å²) in [4.78, 5) is 2.75. The third kappa shape index (κ3) is 3.03. The molecule has 0 aromatic heterocycles. The first-order valence-corrected chi connectivity index (χ1v) is 7.51. The van der Waals surface area contributed by atoms with Crippen molar-refractivity contribution in [3.05, 3.63) is 0 Å². The topological polar surface area (TPSA) is 29.3 Å². The summed E-state index contributed by atoms with van der Waals surface area (Å²) < 4.78 is 0. The molecule has 2 aliphatic rings. The van der Waals surface area contributed by atoms with E-state index in [4.69, 9.17) is 5.73 Å². The minimum absolute atomic E-state index is 0.561. The Morgan fingerprint density at radius 2 is 2.06 bits per heavy atom. The molecule has 0 bridgehead atoms. The van der Waals surface area contributed by atoms with Crippen molar-refractivity contribution in [1.82, 2.24) is 4.90 Å². The zero-order chi connectivity index (χ0) is 12.5. The summed E-state index contributed by atoms with van der Waals surface area (Å²) in [5.74, 6) is 0.925. The maximum absolute atomic E-state index is 6.00. The molecule has 17 heavy (non-hydrogen) atoms. The normalized spacial score (nSPS) is 38.5. The number of rotatable bonds is 3. The molecule has 0 radical (unpaired) electrons. The zero-order valence-corrected chi connectivity index (χ0v) is 11.9. The Morgan fingerprint density at radius 3 is 2.59 bits per heavy atom. The van der Waals surface area contributed by atoms with Crippen LogP contribution in [0.2, 0.25) is 0 Å². The largest absolute Gasteiger partial charge is 0.329 e. The summed E-state index contributed by atoms with van der Waals surface area (Å²) in [5, 5.41) is 0. The lowest BCUT2D eigenvalue weighted by Gasteiger charge is -2.42. The quantitative estimate of drug-likeness (QED) is 0.819. The number of likely N-dealkylation sites (tertiary alicyclic amines) is 1. The Hall–Kier alpha value is -0.0800. The molecule has 1 saturated carbocycles. The van der Waals surface area contributed by atoms with E-state index in [0.29, 0.717) is 11.5 Å². The highest BCUT2D eigenvalue weighted by Gasteiger charge is 2.38. The van der Waals surface area contributed by atoms with Crippen LogP contribution in [0.3, 0.4) is 0 Å². The van der Waals surface area contributed by atoms with Gasteiger partial charge in [-0.1, -0.05) is 27.2 Å². The molecule has 2 N–H and O–H groups in total. The van der Waals surface area contributed by atoms with Gasteiger partial charge in [0.25, 0.3) is 0 Å². The summed E-state index contributed by atoms with van der Waals surface area (Å²) in [6.07, 6.45) is 8.22. The molecular formula is C15H30N2. The average molecular weight is 238 g/mol. The number of hydrogen-bond donors (Lipinski definition) is 1. The van der Waals surface area contributed by atoms with Crippen LogP contribution in [0.25, 0.3) is 0 Å². The van der Waals surface area contributed by atoms with Crippen molar-refractivity contribution in [2.45, 2.75) is 71.4 Å². The van der Waals surface area contributed by atoms with E-state index >= 15 is 0 Å². The van der Waals surface area contributed by atoms with Crippen LogP contribution in [0.1, 0.15) is 59.3 Å². The summed E-state index contributed by atoms with van der Waals surface area (Å²) >= 11 is 0. The molecule has 2 heteroatoms. The van der Waals surface area contributed by atoms with Crippen molar-refractivity contribution in [2.75, 3.05) is 13.1 Å². The average Bonchev–Trinajstić information content (AvgIpc) is 2.68. The van der Waals surface area contributed by atoms with E-state index < -0.39 is 0 Å². The Labute approximate surface area is 107 Å². The van der Waals surface area contributed by atoms with Crippen molar-refractivity contribution in [2.24, 2.45) is 17.1 Å². The first kappa shape index (κ1) is 13.4. The van der Waals surface area contributed by atoms with E-state index in [2.05, 4.69) is 25.7 Å². The molecule has 1 saturated heterocycles. The van der Waals surface area contributed by atoms with Crippen LogP contribution in [0.15, 0.2) is 0 Å². The van der Waals surface area contributed by atoms with Gasteiger partial charge in [0.05, 0.1) is 0 Å². The van der Waals surface area contributed by atoms with Crippen LogP contribution < -0.4 is 5.73 Å². The summed E-state index contributed by atoms with van der Waals surface area (Å²) in [5.41, 5.74) is 6.57. The number of hydrogen-bond acceptors (Lipinski definition) is 2. The van der Waals surface area contributed by atoms with E-state index in [9.17, 15) is 0 Å². The van der Waals surface area contributed by atoms with Crippen LogP contribution >= 0.6 is 0 Å². The maximum atomic E-state index is 6.00. The van der Waals surface area contributed by atoms with Gasteiger partial charge in [-0.15, -0.1) is 0 Å². The SMILES string of the molecule is CCC1CCN(C2CCC(C)(C)C2)C(CN)C1. The zero-order valence-electron chi connectivity index (χ0n) is 11.9. The van der Waals surface area contributed by atoms with Crippen molar-refractivity contribution in [3.63, 3.8) is 0 Å². The molecule has 1 aliphatic heterocycles. The molecule has 0 aromatic carbocycles. The van der Waals surface area contributed by atoms with Gasteiger partial charge in [0, 0.05) is 18.6 Å². The molecule has 2 nitrogen and oxygen atoms in total. The van der Waals surface area contributed by atoms with Gasteiger partial charge >= 0.3 is 0 Å². The van der Waals surface area contributed by atoms with E-state index in [1.165, 1.54) is 45.1 Å². The monoisotopic (exact) mass is 238 g/mol. The molecule has 3 unspecified atom stereocenters. The molecule has 2 rings (SSSR count). The van der Waals surface area contributed by atoms with Gasteiger partial charge in [-0.2, -0.15) is 0 Å². The molecule has 0 amide bonds. The number of nitrogens with two attached hydrogens (primary N) is 1. The third-order valence-electron chi connectivity index (χ3n) is 5.13. The van der Waals surface area contributed by atoms with E-state index in [0.717, 1.165) is 18.5 Å². The molecular weight excluding hydrogens is 208 g/mol. The Bertz CT molecular complexity index is 249. The first-order chi connectivity index (χ1) is 8.05. The highest BCUT2D eigenvalue weighted by atomic mass is 15.2. The summed E-state index contributed by atoms with van der Waals surface area (Å²) in [6.45, 7) is 9.31. The van der Waals surface area contributed by atoms with Crippen molar-refractivity contribution in [1.29, 1.82) is 0 Å². The van der Waals surface area contributed by atoms with Gasteiger partial charge in [-0.25, -0.2) is 0 Å². The van der Waals surface area contributed by atoms with Crippen molar-refractivity contribution in [3.8, 4) is 0 Å². The van der Waals surface area contributed by atoms with E-state index in [1.807, 2.05) is 0 Å². The lowest BCUT2D eigenvalue weighted by Crippen LogP contribution is -2.50. The second-order valence-corrected chi connectivity index (χ2v) is 6.99. The standard InChI is InChI=1S/C15H30N2/c1-4-12-6-8-17(14(9-12)11-16)13-5-7-15(2,3)10-13/h12-14H,4-11,16H2,1-3H3. The minimum Gasteiger partial charge on any atom is -0.329 e. The Balaban J connectivity index is 1.96. The molecule has 1 aliphatic carbocycles. The van der Waals surface area contributed by atoms with Crippen LogP contribution in [-0.2, 0) is 0 Å². The predicted octanol–water partition coefficient (Wildman–Crippen LogP) is 3.01. The fraction of sp³-hybridized carbons (Fsp3) is 1.00. The third-order valence-corrected chi connectivity index (χ3v) is 5.13. The van der Waals surface area contributed by atoms with Gasteiger partial charge in [-0.3, -0.25) is 4.90 Å². The van der Waals surface area contributed by atoms with Crippen LogP contribution in [-0.4, -0.2) is 30.1 Å². The second kappa shape index (κ2) is 5.27. The predicted molar refractivity (Wildman–Crippen MR) is 74.0 cm³/mol. The van der Waals surface area contributed by atoms with Crippen molar-refractivity contribution < 1.29 is 0 Å². The van der Waals surface area contributed by atoms with Crippen molar-refractivity contribution >= 4 is 0 Å². The van der Waals surface area contributed by atoms with Gasteiger partial charge in [0.15, 0.2) is 0 Å². The highest BCUT2D eigenvalue weighted by molar-refractivity contribution is 4.93. The van der Waals surface area contributed by atoms with E-state index in [1.54, 1.807) is 0 Å². The van der Waals surface area contributed by atoms with Crippen LogP contribution in [0, 0.1) is 11.3 Å². The lowest BCUT2D eigenvalue weighted by atomic mass is 9.87. The van der Waals surface area contributed by atoms with E-state index in [-0.39, 0.29) is 0 Å².